The summed E-state index contributed by atoms with van der Waals surface area (Å²) in [5.74, 6) is -0.847. The molecule has 1 heterocycles. The molecule has 3 nitrogen and oxygen atoms in total. The Labute approximate surface area is 110 Å². The summed E-state index contributed by atoms with van der Waals surface area (Å²) in [5, 5.41) is 0. The van der Waals surface area contributed by atoms with Crippen molar-refractivity contribution in [1.29, 1.82) is 0 Å². The minimum Gasteiger partial charge on any atom is -0.461 e. The number of esters is 1. The number of hydrogen-bond acceptors (Lipinski definition) is 3. The number of rotatable bonds is 4. The normalized spacial score (nSPS) is 10.7. The standard InChI is InChI=1S/C10H9BrClF2NO2/c1-2-17-10(16)7-6(9(13)14)3-5(4-12)8(11)15-7/h3,9H,2,4H2,1H3. The van der Waals surface area contributed by atoms with Crippen LogP contribution in [0.1, 0.15) is 35.0 Å². The molecule has 0 aliphatic heterocycles. The third kappa shape index (κ3) is 3.35. The van der Waals surface area contributed by atoms with Gasteiger partial charge in [0.15, 0.2) is 5.69 Å². The van der Waals surface area contributed by atoms with Crippen molar-refractivity contribution in [2.24, 2.45) is 0 Å². The molecule has 7 heteroatoms. The predicted octanol–water partition coefficient (Wildman–Crippen LogP) is 3.70. The van der Waals surface area contributed by atoms with Crippen molar-refractivity contribution in [2.75, 3.05) is 6.61 Å². The van der Waals surface area contributed by atoms with Gasteiger partial charge in [0.25, 0.3) is 6.43 Å². The lowest BCUT2D eigenvalue weighted by Crippen LogP contribution is -2.12. The van der Waals surface area contributed by atoms with Gasteiger partial charge >= 0.3 is 5.97 Å². The Morgan fingerprint density at radius 3 is 2.76 bits per heavy atom. The number of hydrogen-bond donors (Lipinski definition) is 0. The zero-order valence-corrected chi connectivity index (χ0v) is 11.2. The van der Waals surface area contributed by atoms with E-state index in [1.54, 1.807) is 6.92 Å². The van der Waals surface area contributed by atoms with Crippen molar-refractivity contribution in [2.45, 2.75) is 19.2 Å². The first-order valence-corrected chi connectivity index (χ1v) is 6.04. The van der Waals surface area contributed by atoms with Crippen LogP contribution in [0.4, 0.5) is 8.78 Å². The van der Waals surface area contributed by atoms with E-state index in [1.807, 2.05) is 0 Å². The van der Waals surface area contributed by atoms with Crippen molar-refractivity contribution < 1.29 is 18.3 Å². The van der Waals surface area contributed by atoms with E-state index >= 15 is 0 Å². The van der Waals surface area contributed by atoms with E-state index in [4.69, 9.17) is 11.6 Å². The van der Waals surface area contributed by atoms with Crippen LogP contribution in [0.3, 0.4) is 0 Å². The first kappa shape index (κ1) is 14.3. The summed E-state index contributed by atoms with van der Waals surface area (Å²) in [5.41, 5.74) is -0.458. The Hall–Kier alpha value is -0.750. The molecule has 0 saturated heterocycles. The molecule has 94 valence electrons. The number of carbonyl (C=O) groups is 1. The van der Waals surface area contributed by atoms with Gasteiger partial charge in [-0.1, -0.05) is 0 Å². The summed E-state index contributed by atoms with van der Waals surface area (Å²) < 4.78 is 30.5. The Balaban J connectivity index is 3.27. The average Bonchev–Trinajstić information content (AvgIpc) is 2.28. The zero-order valence-electron chi connectivity index (χ0n) is 8.84. The van der Waals surface area contributed by atoms with Crippen LogP contribution in [0.5, 0.6) is 0 Å². The number of nitrogens with zero attached hydrogens (tertiary/aromatic N) is 1. The van der Waals surface area contributed by atoms with Crippen LogP contribution in [0.25, 0.3) is 0 Å². The van der Waals surface area contributed by atoms with Gasteiger partial charge in [0.05, 0.1) is 18.1 Å². The van der Waals surface area contributed by atoms with Crippen LogP contribution in [-0.2, 0) is 10.6 Å². The number of aromatic nitrogens is 1. The van der Waals surface area contributed by atoms with Gasteiger partial charge in [0, 0.05) is 5.56 Å². The van der Waals surface area contributed by atoms with E-state index in [9.17, 15) is 13.6 Å². The van der Waals surface area contributed by atoms with Gasteiger partial charge in [0.2, 0.25) is 0 Å². The lowest BCUT2D eigenvalue weighted by molar-refractivity contribution is 0.0507. The largest absolute Gasteiger partial charge is 0.461 e. The Kier molecular flexibility index (Phi) is 5.27. The van der Waals surface area contributed by atoms with Crippen molar-refractivity contribution >= 4 is 33.5 Å². The number of pyridine rings is 1. The van der Waals surface area contributed by atoms with E-state index in [0.717, 1.165) is 6.07 Å². The van der Waals surface area contributed by atoms with Crippen molar-refractivity contribution in [1.82, 2.24) is 4.98 Å². The maximum atomic E-state index is 12.8. The summed E-state index contributed by atoms with van der Waals surface area (Å²) >= 11 is 8.63. The second-order valence-electron chi connectivity index (χ2n) is 3.03. The topological polar surface area (TPSA) is 39.2 Å². The van der Waals surface area contributed by atoms with Crippen molar-refractivity contribution in [3.05, 3.63) is 27.5 Å². The Morgan fingerprint density at radius 1 is 1.65 bits per heavy atom. The molecule has 0 bridgehead atoms. The number of carbonyl (C=O) groups excluding carboxylic acids is 1. The summed E-state index contributed by atoms with van der Waals surface area (Å²) in [6, 6.07) is 1.15. The highest BCUT2D eigenvalue weighted by molar-refractivity contribution is 9.10. The Bertz CT molecular complexity index is 429. The van der Waals surface area contributed by atoms with Gasteiger partial charge in [-0.05, 0) is 28.9 Å². The van der Waals surface area contributed by atoms with Gasteiger partial charge in [-0.15, -0.1) is 11.6 Å². The van der Waals surface area contributed by atoms with E-state index in [0.29, 0.717) is 5.56 Å². The maximum Gasteiger partial charge on any atom is 0.357 e. The molecule has 0 unspecified atom stereocenters. The minimum atomic E-state index is -2.81. The second-order valence-corrected chi connectivity index (χ2v) is 4.05. The third-order valence-corrected chi connectivity index (χ3v) is 2.90. The molecule has 0 amide bonds. The molecule has 0 fully saturated rings. The molecule has 0 radical (unpaired) electrons. The zero-order chi connectivity index (χ0) is 13.0. The van der Waals surface area contributed by atoms with E-state index in [2.05, 4.69) is 25.7 Å². The molecule has 17 heavy (non-hydrogen) atoms. The van der Waals surface area contributed by atoms with Crippen LogP contribution >= 0.6 is 27.5 Å². The Morgan fingerprint density at radius 2 is 2.29 bits per heavy atom. The fourth-order valence-electron chi connectivity index (χ4n) is 1.17. The van der Waals surface area contributed by atoms with Crippen molar-refractivity contribution in [3.8, 4) is 0 Å². The monoisotopic (exact) mass is 327 g/mol. The molecule has 0 spiro atoms. The molecular formula is C10H9BrClF2NO2. The number of ether oxygens (including phenoxy) is 1. The first-order valence-electron chi connectivity index (χ1n) is 4.71. The highest BCUT2D eigenvalue weighted by Crippen LogP contribution is 2.27. The first-order chi connectivity index (χ1) is 8.01. The highest BCUT2D eigenvalue weighted by atomic mass is 79.9. The molecule has 1 aromatic rings. The average molecular weight is 329 g/mol. The summed E-state index contributed by atoms with van der Waals surface area (Å²) in [7, 11) is 0. The molecule has 0 aromatic carbocycles. The van der Waals surface area contributed by atoms with E-state index in [1.165, 1.54) is 0 Å². The summed E-state index contributed by atoms with van der Waals surface area (Å²) in [4.78, 5) is 15.2. The summed E-state index contributed by atoms with van der Waals surface area (Å²) in [6.07, 6.45) is -2.81. The lowest BCUT2D eigenvalue weighted by atomic mass is 10.1. The maximum absolute atomic E-state index is 12.8. The quantitative estimate of drug-likeness (QED) is 0.481. The molecular weight excluding hydrogens is 319 g/mol. The fourth-order valence-corrected chi connectivity index (χ4v) is 1.97. The fraction of sp³-hybridized carbons (Fsp3) is 0.400. The van der Waals surface area contributed by atoms with E-state index in [-0.39, 0.29) is 22.8 Å². The van der Waals surface area contributed by atoms with Gasteiger partial charge in [-0.25, -0.2) is 18.6 Å². The molecule has 1 rings (SSSR count). The molecule has 0 atom stereocenters. The van der Waals surface area contributed by atoms with Crippen LogP contribution in [0.15, 0.2) is 10.7 Å². The lowest BCUT2D eigenvalue weighted by Gasteiger charge is -2.10. The molecule has 1 aromatic heterocycles. The number of halogens is 4. The third-order valence-electron chi connectivity index (χ3n) is 1.93. The van der Waals surface area contributed by atoms with Crippen LogP contribution in [-0.4, -0.2) is 17.6 Å². The summed E-state index contributed by atoms with van der Waals surface area (Å²) in [6.45, 7) is 1.68. The molecule has 0 N–H and O–H groups in total. The second kappa shape index (κ2) is 6.26. The van der Waals surface area contributed by atoms with Gasteiger partial charge in [-0.2, -0.15) is 0 Å². The van der Waals surface area contributed by atoms with Gasteiger partial charge < -0.3 is 4.74 Å². The van der Waals surface area contributed by atoms with Crippen molar-refractivity contribution in [3.63, 3.8) is 0 Å². The SMILES string of the molecule is CCOC(=O)c1nc(Br)c(CCl)cc1C(F)F. The van der Waals surface area contributed by atoms with Crippen LogP contribution < -0.4 is 0 Å². The smallest absolute Gasteiger partial charge is 0.357 e. The molecule has 0 aliphatic rings. The van der Waals surface area contributed by atoms with Gasteiger partial charge in [-0.3, -0.25) is 0 Å². The van der Waals surface area contributed by atoms with Gasteiger partial charge in [0.1, 0.15) is 4.60 Å². The van der Waals surface area contributed by atoms with E-state index < -0.39 is 18.0 Å². The van der Waals surface area contributed by atoms with Crippen LogP contribution in [0, 0.1) is 0 Å². The number of alkyl halides is 3. The predicted molar refractivity (Wildman–Crippen MR) is 62.4 cm³/mol. The minimum absolute atomic E-state index is 0.0242. The molecule has 0 aliphatic carbocycles. The highest BCUT2D eigenvalue weighted by Gasteiger charge is 2.23. The molecule has 0 saturated carbocycles. The van der Waals surface area contributed by atoms with Crippen LogP contribution in [0.2, 0.25) is 0 Å².